The first-order valence-electron chi connectivity index (χ1n) is 17.9. The third kappa shape index (κ3) is 7.73. The number of carbonyl (C=O) groups excluding carboxylic acids is 3. The number of nitrogens with one attached hydrogen (secondary N) is 3. The van der Waals surface area contributed by atoms with E-state index in [-0.39, 0.29) is 47.2 Å². The lowest BCUT2D eigenvalue weighted by Gasteiger charge is -2.29. The number of nitrogens with zero attached hydrogens (tertiary/aromatic N) is 4. The minimum absolute atomic E-state index is 0.0954. The van der Waals surface area contributed by atoms with Crippen LogP contribution in [0.4, 0.5) is 11.5 Å². The van der Waals surface area contributed by atoms with Crippen LogP contribution in [0.5, 0.6) is 0 Å². The van der Waals surface area contributed by atoms with Gasteiger partial charge in [-0.1, -0.05) is 50.1 Å². The number of allylic oxidation sites excluding steroid dienone is 3. The first kappa shape index (κ1) is 36.3. The van der Waals surface area contributed by atoms with Crippen LogP contribution >= 0.6 is 15.9 Å². The Morgan fingerprint density at radius 3 is 2.57 bits per heavy atom. The van der Waals surface area contributed by atoms with Crippen LogP contribution in [0.2, 0.25) is 0 Å². The Labute approximate surface area is 308 Å². The molecular formula is C40H46BrN7O3. The van der Waals surface area contributed by atoms with E-state index in [2.05, 4.69) is 78.8 Å². The molecule has 4 atom stereocenters. The number of anilines is 2. The van der Waals surface area contributed by atoms with E-state index in [0.717, 1.165) is 60.8 Å². The van der Waals surface area contributed by atoms with Gasteiger partial charge in [-0.3, -0.25) is 19.8 Å². The molecule has 2 fully saturated rings. The van der Waals surface area contributed by atoms with E-state index in [4.69, 9.17) is 5.41 Å². The summed E-state index contributed by atoms with van der Waals surface area (Å²) >= 11 is 3.40. The number of halogens is 1. The van der Waals surface area contributed by atoms with Crippen molar-refractivity contribution in [2.45, 2.75) is 91.1 Å². The Morgan fingerprint density at radius 1 is 1.04 bits per heavy atom. The van der Waals surface area contributed by atoms with Crippen molar-refractivity contribution in [3.05, 3.63) is 88.1 Å². The third-order valence-corrected chi connectivity index (χ3v) is 11.1. The van der Waals surface area contributed by atoms with Crippen LogP contribution in [0.3, 0.4) is 0 Å². The first-order chi connectivity index (χ1) is 24.5. The summed E-state index contributed by atoms with van der Waals surface area (Å²) in [5.41, 5.74) is 3.94. The second-order valence-electron chi connectivity index (χ2n) is 14.1. The first-order valence-corrected chi connectivity index (χ1v) is 18.7. The molecule has 0 spiro atoms. The molecule has 4 heterocycles. The van der Waals surface area contributed by atoms with Gasteiger partial charge in [0.1, 0.15) is 28.0 Å². The van der Waals surface area contributed by atoms with Gasteiger partial charge in [-0.15, -0.1) is 0 Å². The maximum atomic E-state index is 14.4. The third-order valence-electron chi connectivity index (χ3n) is 10.6. The summed E-state index contributed by atoms with van der Waals surface area (Å²) in [5.74, 6) is 0.451. The number of rotatable bonds is 5. The number of ketones is 1. The molecule has 2 bridgehead atoms. The smallest absolute Gasteiger partial charge is 0.248 e. The fourth-order valence-electron chi connectivity index (χ4n) is 7.73. The van der Waals surface area contributed by atoms with Gasteiger partial charge in [-0.25, -0.2) is 15.0 Å². The zero-order valence-corrected chi connectivity index (χ0v) is 31.3. The normalized spacial score (nSPS) is 24.8. The molecule has 51 heavy (non-hydrogen) atoms. The number of hydrogen-bond donors (Lipinski definition) is 3. The monoisotopic (exact) mass is 751 g/mol. The average Bonchev–Trinajstić information content (AvgIpc) is 3.48. The summed E-state index contributed by atoms with van der Waals surface area (Å²) < 4.78 is 0.610. The molecule has 1 aromatic carbocycles. The van der Waals surface area contributed by atoms with Gasteiger partial charge >= 0.3 is 0 Å². The van der Waals surface area contributed by atoms with Crippen molar-refractivity contribution < 1.29 is 14.4 Å². The standard InChI is InChI=1S/C40H46BrN7O3/c1-24-15-16-33(41)46-38(24)47-39(51)32-20-40-17-13-11-9-7-5-6-8-10-12-14-28-18-29(30-21-43-27(4)44-22-30)19-31(35(42)26(3)49)36(28)45-23-34(50)48(32)37(40)25(40)2/h7,9,13,15-19,21-22,25,32,37,42,45H,5-6,8,10-12,14,20,23H2,1-4H3,(H,46,47,51)/b9-7+,17-13-,42-35?/t25-,32-,37?,40-/m0/s1. The molecule has 2 amide bonds. The molecule has 2 aromatic heterocycles. The van der Waals surface area contributed by atoms with Gasteiger partial charge in [0.15, 0.2) is 5.78 Å². The van der Waals surface area contributed by atoms with Gasteiger partial charge in [-0.05, 0) is 109 Å². The molecule has 3 aromatic rings. The highest BCUT2D eigenvalue weighted by atomic mass is 79.9. The number of amides is 2. The summed E-state index contributed by atoms with van der Waals surface area (Å²) in [6.45, 7) is 7.15. The Bertz CT molecular complexity index is 1910. The van der Waals surface area contributed by atoms with Crippen LogP contribution in [-0.4, -0.2) is 61.8 Å². The summed E-state index contributed by atoms with van der Waals surface area (Å²) in [4.78, 5) is 56.1. The summed E-state index contributed by atoms with van der Waals surface area (Å²) in [6.07, 6.45) is 19.5. The molecule has 1 saturated carbocycles. The summed E-state index contributed by atoms with van der Waals surface area (Å²) in [5, 5.41) is 15.2. The second kappa shape index (κ2) is 15.4. The van der Waals surface area contributed by atoms with Gasteiger partial charge in [0.2, 0.25) is 11.8 Å². The second-order valence-corrected chi connectivity index (χ2v) is 14.9. The van der Waals surface area contributed by atoms with E-state index in [0.29, 0.717) is 40.3 Å². The zero-order valence-electron chi connectivity index (χ0n) is 29.8. The van der Waals surface area contributed by atoms with Gasteiger partial charge < -0.3 is 15.5 Å². The van der Waals surface area contributed by atoms with Gasteiger partial charge in [0.25, 0.3) is 0 Å². The van der Waals surface area contributed by atoms with Crippen molar-refractivity contribution >= 4 is 50.7 Å². The minimum atomic E-state index is -0.690. The average molecular weight is 753 g/mol. The predicted octanol–water partition coefficient (Wildman–Crippen LogP) is 7.54. The van der Waals surface area contributed by atoms with Crippen LogP contribution in [0, 0.1) is 30.6 Å². The molecule has 3 N–H and O–H groups in total. The molecule has 1 saturated heterocycles. The minimum Gasteiger partial charge on any atom is -0.375 e. The van der Waals surface area contributed by atoms with Gasteiger partial charge in [0.05, 0.1) is 6.54 Å². The van der Waals surface area contributed by atoms with Crippen molar-refractivity contribution in [3.8, 4) is 11.1 Å². The highest BCUT2D eigenvalue weighted by Crippen LogP contribution is 2.65. The number of carbonyl (C=O) groups is 3. The fraction of sp³-hybridized carbons (Fsp3) is 0.425. The molecule has 10 nitrogen and oxygen atoms in total. The van der Waals surface area contributed by atoms with Gasteiger partial charge in [-0.2, -0.15) is 0 Å². The summed E-state index contributed by atoms with van der Waals surface area (Å²) in [6, 6.07) is 6.76. The van der Waals surface area contributed by atoms with Crippen LogP contribution in [0.25, 0.3) is 11.1 Å². The molecule has 0 radical (unpaired) electrons. The van der Waals surface area contributed by atoms with Crippen molar-refractivity contribution in [3.63, 3.8) is 0 Å². The SMILES string of the molecule is CC(=O)C(=N)c1cc(-c2cnc(C)nc2)cc2c1NCC(=O)N1C3[C@H](C)[C@]3(/C=C\C/C=C/CCCCCC2)C[C@H]1C(=O)Nc1nc(Br)ccc1C. The topological polar surface area (TPSA) is 141 Å². The van der Waals surface area contributed by atoms with Crippen molar-refractivity contribution in [1.29, 1.82) is 5.41 Å². The number of piperidine rings is 1. The number of aryl methyl sites for hydroxylation is 3. The molecule has 2 aliphatic heterocycles. The van der Waals surface area contributed by atoms with E-state index in [9.17, 15) is 14.4 Å². The quantitative estimate of drug-likeness (QED) is 0.139. The van der Waals surface area contributed by atoms with Crippen molar-refractivity contribution in [1.82, 2.24) is 19.9 Å². The number of benzene rings is 1. The zero-order chi connectivity index (χ0) is 36.3. The Morgan fingerprint density at radius 2 is 1.80 bits per heavy atom. The Kier molecular flexibility index (Phi) is 10.9. The molecule has 1 unspecified atom stereocenters. The van der Waals surface area contributed by atoms with E-state index >= 15 is 0 Å². The Balaban J connectivity index is 1.37. The number of Topliss-reactive ketones (excluding diaryl/α,β-unsaturated/α-hetero) is 1. The number of hydrogen-bond acceptors (Lipinski definition) is 8. The number of fused-ring (bicyclic) bond motifs is 1. The van der Waals surface area contributed by atoms with E-state index in [1.165, 1.54) is 6.92 Å². The molecule has 6 rings (SSSR count). The number of pyridine rings is 1. The maximum Gasteiger partial charge on any atom is 0.248 e. The van der Waals surface area contributed by atoms with Gasteiger partial charge in [0, 0.05) is 47.6 Å². The van der Waals surface area contributed by atoms with Crippen LogP contribution in [-0.2, 0) is 20.8 Å². The van der Waals surface area contributed by atoms with Crippen molar-refractivity contribution in [2.75, 3.05) is 17.2 Å². The van der Waals surface area contributed by atoms with E-state index < -0.39 is 6.04 Å². The van der Waals surface area contributed by atoms with E-state index in [1.54, 1.807) is 17.3 Å². The number of aromatic nitrogens is 3. The highest BCUT2D eigenvalue weighted by molar-refractivity contribution is 9.10. The highest BCUT2D eigenvalue weighted by Gasteiger charge is 2.71. The molecule has 11 heteroatoms. The van der Waals surface area contributed by atoms with Crippen LogP contribution < -0.4 is 10.6 Å². The molecular weight excluding hydrogens is 706 g/mol. The molecule has 1 aliphatic carbocycles. The largest absolute Gasteiger partial charge is 0.375 e. The Hall–Kier alpha value is -4.51. The fourth-order valence-corrected chi connectivity index (χ4v) is 8.04. The van der Waals surface area contributed by atoms with E-state index in [1.807, 2.05) is 32.0 Å². The maximum absolute atomic E-state index is 14.4. The lowest BCUT2D eigenvalue weighted by molar-refractivity contribution is -0.136. The molecule has 3 aliphatic rings. The van der Waals surface area contributed by atoms with Crippen LogP contribution in [0.1, 0.15) is 81.3 Å². The predicted molar refractivity (Wildman–Crippen MR) is 204 cm³/mol. The summed E-state index contributed by atoms with van der Waals surface area (Å²) in [7, 11) is 0. The lowest BCUT2D eigenvalue weighted by Crippen LogP contribution is -2.48. The van der Waals surface area contributed by atoms with Crippen molar-refractivity contribution in [2.24, 2.45) is 11.3 Å². The van der Waals surface area contributed by atoms with Crippen LogP contribution in [0.15, 0.2) is 65.6 Å². The molecule has 266 valence electrons. The lowest BCUT2D eigenvalue weighted by atomic mass is 9.92.